The molecule has 0 aromatic carbocycles. The molecule has 0 spiro atoms. The molecule has 0 atom stereocenters. The highest BCUT2D eigenvalue weighted by molar-refractivity contribution is 6.62. The Bertz CT molecular complexity index is 134. The maximum atomic E-state index is 12.2. The summed E-state index contributed by atoms with van der Waals surface area (Å²) in [6, 6.07) is 0. The molecular formula is C6H11BF3-. The van der Waals surface area contributed by atoms with E-state index in [1.165, 1.54) is 13.8 Å². The molecule has 1 aliphatic rings. The maximum absolute atomic E-state index is 12.2. The molecule has 0 amide bonds. The summed E-state index contributed by atoms with van der Waals surface area (Å²) in [5, 5.41) is -1.39. The summed E-state index contributed by atoms with van der Waals surface area (Å²) in [5.74, 6) is -0.0903. The van der Waals surface area contributed by atoms with Crippen molar-refractivity contribution in [2.45, 2.75) is 32.0 Å². The fourth-order valence-electron chi connectivity index (χ4n) is 1.09. The lowest BCUT2D eigenvalue weighted by Crippen LogP contribution is -2.33. The summed E-state index contributed by atoms with van der Waals surface area (Å²) in [6.45, 7) is -2.01. The van der Waals surface area contributed by atoms with Gasteiger partial charge in [-0.3, -0.25) is 0 Å². The predicted octanol–water partition coefficient (Wildman–Crippen LogP) is 3.02. The van der Waals surface area contributed by atoms with Gasteiger partial charge in [0.1, 0.15) is 0 Å². The van der Waals surface area contributed by atoms with Crippen LogP contribution in [0.2, 0.25) is 5.31 Å². The zero-order valence-corrected chi connectivity index (χ0v) is 6.20. The summed E-state index contributed by atoms with van der Waals surface area (Å²) in [4.78, 5) is 0. The van der Waals surface area contributed by atoms with Crippen molar-refractivity contribution in [1.29, 1.82) is 0 Å². The molecule has 0 saturated heterocycles. The molecule has 10 heavy (non-hydrogen) atoms. The Hall–Kier alpha value is -0.145. The van der Waals surface area contributed by atoms with Crippen LogP contribution in [0.5, 0.6) is 0 Å². The minimum Gasteiger partial charge on any atom is -0.449 e. The fourth-order valence-corrected chi connectivity index (χ4v) is 1.09. The third-order valence-electron chi connectivity index (χ3n) is 2.47. The molecule has 1 rings (SSSR count). The van der Waals surface area contributed by atoms with Gasteiger partial charge >= 0.3 is 6.98 Å². The Kier molecular flexibility index (Phi) is 1.53. The normalized spacial score (nSPS) is 21.3. The molecule has 0 N–H and O–H groups in total. The average molecular weight is 151 g/mol. The molecule has 0 aromatic heterocycles. The van der Waals surface area contributed by atoms with E-state index < -0.39 is 12.3 Å². The lowest BCUT2D eigenvalue weighted by Gasteiger charge is -2.34. The van der Waals surface area contributed by atoms with E-state index in [1.54, 1.807) is 0 Å². The van der Waals surface area contributed by atoms with Gasteiger partial charge in [-0.15, -0.1) is 0 Å². The van der Waals surface area contributed by atoms with Gasteiger partial charge in [0.05, 0.1) is 0 Å². The van der Waals surface area contributed by atoms with Gasteiger partial charge in [0, 0.05) is 0 Å². The first-order valence-corrected chi connectivity index (χ1v) is 3.55. The lowest BCUT2D eigenvalue weighted by atomic mass is 9.57. The van der Waals surface area contributed by atoms with Crippen LogP contribution >= 0.6 is 0 Å². The Morgan fingerprint density at radius 2 is 1.60 bits per heavy atom. The Labute approximate surface area is 58.9 Å². The van der Waals surface area contributed by atoms with Crippen molar-refractivity contribution in [3.05, 3.63) is 0 Å². The van der Waals surface area contributed by atoms with Crippen LogP contribution in [0.25, 0.3) is 0 Å². The van der Waals surface area contributed by atoms with E-state index in [0.717, 1.165) is 12.8 Å². The molecule has 0 unspecified atom stereocenters. The van der Waals surface area contributed by atoms with E-state index in [1.807, 2.05) is 0 Å². The second kappa shape index (κ2) is 1.92. The molecule has 0 heterocycles. The summed E-state index contributed by atoms with van der Waals surface area (Å²) in [5.41, 5.74) is 0. The van der Waals surface area contributed by atoms with Gasteiger partial charge in [0.25, 0.3) is 0 Å². The molecule has 0 nitrogen and oxygen atoms in total. The van der Waals surface area contributed by atoms with Gasteiger partial charge < -0.3 is 12.9 Å². The second-order valence-electron chi connectivity index (χ2n) is 3.67. The van der Waals surface area contributed by atoms with Crippen LogP contribution in [-0.4, -0.2) is 6.98 Å². The zero-order valence-electron chi connectivity index (χ0n) is 6.20. The molecule has 1 fully saturated rings. The quantitative estimate of drug-likeness (QED) is 0.532. The molecule has 1 aliphatic carbocycles. The van der Waals surface area contributed by atoms with Crippen LogP contribution in [0.3, 0.4) is 0 Å². The molecule has 0 aliphatic heterocycles. The third-order valence-corrected chi connectivity index (χ3v) is 2.47. The van der Waals surface area contributed by atoms with Crippen LogP contribution in [0.4, 0.5) is 12.9 Å². The Balaban J connectivity index is 2.66. The Morgan fingerprint density at radius 1 is 1.20 bits per heavy atom. The SMILES string of the molecule is CC(C)(C1CC1)[B-](F)(F)F. The monoisotopic (exact) mass is 151 g/mol. The minimum atomic E-state index is -4.63. The first-order chi connectivity index (χ1) is 4.36. The molecule has 4 heteroatoms. The molecule has 0 radical (unpaired) electrons. The molecule has 1 saturated carbocycles. The van der Waals surface area contributed by atoms with Crippen LogP contribution < -0.4 is 0 Å². The smallest absolute Gasteiger partial charge is 0.449 e. The van der Waals surface area contributed by atoms with Crippen LogP contribution in [-0.2, 0) is 0 Å². The second-order valence-corrected chi connectivity index (χ2v) is 3.67. The van der Waals surface area contributed by atoms with Crippen LogP contribution in [0.1, 0.15) is 26.7 Å². The first kappa shape index (κ1) is 7.96. The first-order valence-electron chi connectivity index (χ1n) is 3.55. The van der Waals surface area contributed by atoms with E-state index in [0.29, 0.717) is 0 Å². The fraction of sp³-hybridized carbons (Fsp3) is 1.00. The highest BCUT2D eigenvalue weighted by Crippen LogP contribution is 2.57. The van der Waals surface area contributed by atoms with Crippen molar-refractivity contribution in [2.24, 2.45) is 5.92 Å². The van der Waals surface area contributed by atoms with E-state index in [9.17, 15) is 12.9 Å². The molecule has 0 bridgehead atoms. The maximum Gasteiger partial charge on any atom is 0.484 e. The average Bonchev–Trinajstić information content (AvgIpc) is 2.38. The highest BCUT2D eigenvalue weighted by atomic mass is 19.4. The minimum absolute atomic E-state index is 0.0903. The van der Waals surface area contributed by atoms with Crippen LogP contribution in [0, 0.1) is 5.92 Å². The lowest BCUT2D eigenvalue weighted by molar-refractivity contribution is 0.358. The Morgan fingerprint density at radius 3 is 1.70 bits per heavy atom. The largest absolute Gasteiger partial charge is 0.484 e. The van der Waals surface area contributed by atoms with E-state index in [2.05, 4.69) is 0 Å². The number of rotatable bonds is 2. The third kappa shape index (κ3) is 1.16. The van der Waals surface area contributed by atoms with Crippen molar-refractivity contribution in [3.8, 4) is 0 Å². The summed E-state index contributed by atoms with van der Waals surface area (Å²) >= 11 is 0. The standard InChI is InChI=1S/C6H11BF3/c1-6(2,5-3-4-5)7(8,9)10/h5H,3-4H2,1-2H3/q-1. The summed E-state index contributed by atoms with van der Waals surface area (Å²) in [6.07, 6.45) is 1.52. The number of halogens is 3. The van der Waals surface area contributed by atoms with E-state index in [4.69, 9.17) is 0 Å². The van der Waals surface area contributed by atoms with E-state index in [-0.39, 0.29) is 5.92 Å². The van der Waals surface area contributed by atoms with E-state index >= 15 is 0 Å². The van der Waals surface area contributed by atoms with Gasteiger partial charge in [-0.05, 0) is 0 Å². The number of hydrogen-bond acceptors (Lipinski definition) is 0. The van der Waals surface area contributed by atoms with Crippen LogP contribution in [0.15, 0.2) is 0 Å². The van der Waals surface area contributed by atoms with Gasteiger partial charge in [-0.1, -0.05) is 37.9 Å². The summed E-state index contributed by atoms with van der Waals surface area (Å²) < 4.78 is 36.6. The molecule has 60 valence electrons. The zero-order chi connectivity index (χ0) is 7.99. The topological polar surface area (TPSA) is 0 Å². The predicted molar refractivity (Wildman–Crippen MR) is 35.8 cm³/mol. The van der Waals surface area contributed by atoms with Gasteiger partial charge in [-0.2, -0.15) is 0 Å². The molecular weight excluding hydrogens is 140 g/mol. The summed E-state index contributed by atoms with van der Waals surface area (Å²) in [7, 11) is 0. The van der Waals surface area contributed by atoms with Gasteiger partial charge in [0.2, 0.25) is 0 Å². The van der Waals surface area contributed by atoms with Gasteiger partial charge in [-0.25, -0.2) is 0 Å². The van der Waals surface area contributed by atoms with Crippen molar-refractivity contribution < 1.29 is 12.9 Å². The number of hydrogen-bond donors (Lipinski definition) is 0. The molecule has 0 aromatic rings. The van der Waals surface area contributed by atoms with Crippen molar-refractivity contribution >= 4 is 6.98 Å². The highest BCUT2D eigenvalue weighted by Gasteiger charge is 2.50. The van der Waals surface area contributed by atoms with Crippen molar-refractivity contribution in [2.75, 3.05) is 0 Å². The van der Waals surface area contributed by atoms with Crippen molar-refractivity contribution in [3.63, 3.8) is 0 Å². The van der Waals surface area contributed by atoms with Gasteiger partial charge in [0.15, 0.2) is 0 Å². The van der Waals surface area contributed by atoms with Crippen molar-refractivity contribution in [1.82, 2.24) is 0 Å².